The summed E-state index contributed by atoms with van der Waals surface area (Å²) in [4.78, 5) is 15.7. The number of H-pyrrole nitrogens is 1. The Labute approximate surface area is 157 Å². The summed E-state index contributed by atoms with van der Waals surface area (Å²) in [6.07, 6.45) is 1.76. The van der Waals surface area contributed by atoms with Gasteiger partial charge in [-0.25, -0.2) is 4.39 Å². The van der Waals surface area contributed by atoms with Crippen molar-refractivity contribution in [3.8, 4) is 11.5 Å². The lowest BCUT2D eigenvalue weighted by Gasteiger charge is -2.23. The van der Waals surface area contributed by atoms with Gasteiger partial charge in [0.2, 0.25) is 5.91 Å². The number of hydrogen-bond donors (Lipinski definition) is 2. The number of rotatable bonds is 7. The van der Waals surface area contributed by atoms with Gasteiger partial charge >= 0.3 is 0 Å². The highest BCUT2D eigenvalue weighted by atomic mass is 19.1. The fourth-order valence-corrected chi connectivity index (χ4v) is 2.96. The van der Waals surface area contributed by atoms with E-state index in [4.69, 9.17) is 9.47 Å². The quantitative estimate of drug-likeness (QED) is 0.622. The number of hydrogen-bond acceptors (Lipinski definition) is 3. The predicted octanol–water partition coefficient (Wildman–Crippen LogP) is 3.79. The van der Waals surface area contributed by atoms with E-state index in [1.54, 1.807) is 19.4 Å². The molecule has 2 N–H and O–H groups in total. The predicted molar refractivity (Wildman–Crippen MR) is 103 cm³/mol. The third-order valence-corrected chi connectivity index (χ3v) is 4.60. The van der Waals surface area contributed by atoms with Gasteiger partial charge in [-0.15, -0.1) is 0 Å². The molecule has 6 heteroatoms. The number of halogens is 1. The van der Waals surface area contributed by atoms with E-state index in [-0.39, 0.29) is 11.7 Å². The third kappa shape index (κ3) is 4.05. The Kier molecular flexibility index (Phi) is 5.35. The van der Waals surface area contributed by atoms with Crippen molar-refractivity contribution in [1.82, 2.24) is 10.3 Å². The first-order valence-electron chi connectivity index (χ1n) is 8.74. The lowest BCUT2D eigenvalue weighted by Crippen LogP contribution is -2.41. The number of fused-ring (bicyclic) bond motifs is 1. The van der Waals surface area contributed by atoms with Crippen LogP contribution in [-0.4, -0.2) is 31.2 Å². The highest BCUT2D eigenvalue weighted by molar-refractivity contribution is 5.94. The Morgan fingerprint density at radius 2 is 1.85 bits per heavy atom. The van der Waals surface area contributed by atoms with Gasteiger partial charge in [0, 0.05) is 17.1 Å². The van der Waals surface area contributed by atoms with Crippen molar-refractivity contribution in [1.29, 1.82) is 0 Å². The second-order valence-corrected chi connectivity index (χ2v) is 6.80. The van der Waals surface area contributed by atoms with Crippen molar-refractivity contribution in [2.24, 2.45) is 0 Å². The number of aromatic amines is 1. The maximum atomic E-state index is 13.4. The SMILES string of the molecule is COc1ccc(OCCNC(=O)C(C)(C)c2c[nH]c3cc(F)ccc23)cc1. The molecule has 5 nitrogen and oxygen atoms in total. The zero-order valence-electron chi connectivity index (χ0n) is 15.6. The summed E-state index contributed by atoms with van der Waals surface area (Å²) in [5.41, 5.74) is 0.732. The summed E-state index contributed by atoms with van der Waals surface area (Å²) in [7, 11) is 1.61. The van der Waals surface area contributed by atoms with E-state index in [9.17, 15) is 9.18 Å². The minimum absolute atomic E-state index is 0.119. The molecule has 0 radical (unpaired) electrons. The fourth-order valence-electron chi connectivity index (χ4n) is 2.96. The molecular weight excluding hydrogens is 347 g/mol. The van der Waals surface area contributed by atoms with Crippen LogP contribution < -0.4 is 14.8 Å². The first-order chi connectivity index (χ1) is 12.9. The highest BCUT2D eigenvalue weighted by Gasteiger charge is 2.32. The van der Waals surface area contributed by atoms with Crippen LogP contribution in [0.5, 0.6) is 11.5 Å². The molecule has 0 saturated heterocycles. The lowest BCUT2D eigenvalue weighted by atomic mass is 9.83. The minimum Gasteiger partial charge on any atom is -0.497 e. The minimum atomic E-state index is -0.768. The van der Waals surface area contributed by atoms with E-state index in [1.165, 1.54) is 12.1 Å². The number of aromatic nitrogens is 1. The molecule has 1 aromatic heterocycles. The van der Waals surface area contributed by atoms with Gasteiger partial charge in [-0.2, -0.15) is 0 Å². The van der Waals surface area contributed by atoms with Gasteiger partial charge in [0.15, 0.2) is 0 Å². The molecule has 0 spiro atoms. The Morgan fingerprint density at radius 3 is 2.56 bits per heavy atom. The Morgan fingerprint density at radius 1 is 1.15 bits per heavy atom. The van der Waals surface area contributed by atoms with Crippen LogP contribution in [0, 0.1) is 5.82 Å². The van der Waals surface area contributed by atoms with Crippen LogP contribution in [-0.2, 0) is 10.2 Å². The van der Waals surface area contributed by atoms with Crippen LogP contribution in [0.2, 0.25) is 0 Å². The van der Waals surface area contributed by atoms with E-state index in [2.05, 4.69) is 10.3 Å². The molecule has 3 rings (SSSR count). The number of ether oxygens (including phenoxy) is 2. The van der Waals surface area contributed by atoms with Gasteiger partial charge in [0.25, 0.3) is 0 Å². The molecule has 0 aliphatic rings. The zero-order valence-corrected chi connectivity index (χ0v) is 15.6. The summed E-state index contributed by atoms with van der Waals surface area (Å²) in [6, 6.07) is 11.8. The zero-order chi connectivity index (χ0) is 19.4. The second-order valence-electron chi connectivity index (χ2n) is 6.80. The number of benzene rings is 2. The van der Waals surface area contributed by atoms with E-state index in [1.807, 2.05) is 38.1 Å². The van der Waals surface area contributed by atoms with E-state index in [0.717, 1.165) is 16.7 Å². The van der Waals surface area contributed by atoms with Crippen LogP contribution in [0.3, 0.4) is 0 Å². The average molecular weight is 370 g/mol. The molecule has 0 unspecified atom stereocenters. The number of carbonyl (C=O) groups excluding carboxylic acids is 1. The smallest absolute Gasteiger partial charge is 0.230 e. The second kappa shape index (κ2) is 7.70. The van der Waals surface area contributed by atoms with Crippen LogP contribution in [0.4, 0.5) is 4.39 Å². The molecule has 1 amide bonds. The average Bonchev–Trinajstić information content (AvgIpc) is 3.09. The molecule has 27 heavy (non-hydrogen) atoms. The molecule has 0 aliphatic heterocycles. The summed E-state index contributed by atoms with van der Waals surface area (Å²) >= 11 is 0. The van der Waals surface area contributed by atoms with E-state index in [0.29, 0.717) is 24.4 Å². The van der Waals surface area contributed by atoms with E-state index >= 15 is 0 Å². The number of amides is 1. The first-order valence-corrected chi connectivity index (χ1v) is 8.74. The first kappa shape index (κ1) is 18.8. The maximum absolute atomic E-state index is 13.4. The van der Waals surface area contributed by atoms with Crippen molar-refractivity contribution >= 4 is 16.8 Å². The van der Waals surface area contributed by atoms with Crippen molar-refractivity contribution < 1.29 is 18.7 Å². The Balaban J connectivity index is 1.58. The molecule has 1 heterocycles. The molecule has 0 bridgehead atoms. The largest absolute Gasteiger partial charge is 0.497 e. The molecule has 0 atom stereocenters. The summed E-state index contributed by atoms with van der Waals surface area (Å²) in [5, 5.41) is 3.74. The van der Waals surface area contributed by atoms with Gasteiger partial charge in [-0.1, -0.05) is 0 Å². The Bertz CT molecular complexity index is 932. The van der Waals surface area contributed by atoms with Gasteiger partial charge in [0.1, 0.15) is 23.9 Å². The van der Waals surface area contributed by atoms with Crippen molar-refractivity contribution in [2.75, 3.05) is 20.3 Å². The number of methoxy groups -OCH3 is 1. The fraction of sp³-hybridized carbons (Fsp3) is 0.286. The molecule has 142 valence electrons. The van der Waals surface area contributed by atoms with Crippen LogP contribution >= 0.6 is 0 Å². The molecule has 0 aliphatic carbocycles. The highest BCUT2D eigenvalue weighted by Crippen LogP contribution is 2.31. The molecule has 2 aromatic carbocycles. The van der Waals surface area contributed by atoms with Crippen LogP contribution in [0.15, 0.2) is 48.7 Å². The molecule has 0 fully saturated rings. The standard InChI is InChI=1S/C21H23FN2O3/c1-21(2,18-13-24-19-12-14(22)4-9-17(18)19)20(25)23-10-11-27-16-7-5-15(26-3)6-8-16/h4-9,12-13,24H,10-11H2,1-3H3,(H,23,25). The normalized spacial score (nSPS) is 11.4. The summed E-state index contributed by atoms with van der Waals surface area (Å²) in [6.45, 7) is 4.43. The van der Waals surface area contributed by atoms with Crippen molar-refractivity contribution in [2.45, 2.75) is 19.3 Å². The van der Waals surface area contributed by atoms with Gasteiger partial charge in [0.05, 0.1) is 19.1 Å². The van der Waals surface area contributed by atoms with Crippen molar-refractivity contribution in [3.63, 3.8) is 0 Å². The Hall–Kier alpha value is -3.02. The van der Waals surface area contributed by atoms with Gasteiger partial charge < -0.3 is 19.8 Å². The van der Waals surface area contributed by atoms with Crippen LogP contribution in [0.1, 0.15) is 19.4 Å². The summed E-state index contributed by atoms with van der Waals surface area (Å²) in [5.74, 6) is 1.04. The maximum Gasteiger partial charge on any atom is 0.230 e. The van der Waals surface area contributed by atoms with Gasteiger partial charge in [-0.05, 0) is 61.9 Å². The monoisotopic (exact) mass is 370 g/mol. The van der Waals surface area contributed by atoms with Gasteiger partial charge in [-0.3, -0.25) is 4.79 Å². The van der Waals surface area contributed by atoms with E-state index < -0.39 is 5.41 Å². The topological polar surface area (TPSA) is 63.4 Å². The van der Waals surface area contributed by atoms with Crippen molar-refractivity contribution in [3.05, 3.63) is 60.0 Å². The van der Waals surface area contributed by atoms with Crippen LogP contribution in [0.25, 0.3) is 10.9 Å². The molecule has 0 saturated carbocycles. The molecule has 3 aromatic rings. The summed E-state index contributed by atoms with van der Waals surface area (Å²) < 4.78 is 24.1. The molecular formula is C21H23FN2O3. The number of nitrogens with one attached hydrogen (secondary N) is 2. The lowest BCUT2D eigenvalue weighted by molar-refractivity contribution is -0.125. The number of carbonyl (C=O) groups is 1. The third-order valence-electron chi connectivity index (χ3n) is 4.60.